The monoisotopic (exact) mass is 212 g/mol. The van der Waals surface area contributed by atoms with Gasteiger partial charge >= 0.3 is 0 Å². The fraction of sp³-hybridized carbons (Fsp3) is 0.727. The molecule has 0 aromatic carbocycles. The van der Waals surface area contributed by atoms with Crippen LogP contribution in [-0.4, -0.2) is 9.55 Å². The highest BCUT2D eigenvalue weighted by Crippen LogP contribution is 2.08. The largest absolute Gasteiger partial charge is 0.335 e. The molecule has 0 saturated heterocycles. The standard InChI is InChI=1S/C11H20N2S/c1-9(2)6-4-5-7-13-8-10(3)12-11(13)14/h8-9H,4-7H2,1-3H3,(H,12,14). The highest BCUT2D eigenvalue weighted by Gasteiger charge is 1.97. The lowest BCUT2D eigenvalue weighted by Crippen LogP contribution is -1.97. The van der Waals surface area contributed by atoms with Crippen molar-refractivity contribution < 1.29 is 0 Å². The Morgan fingerprint density at radius 3 is 2.64 bits per heavy atom. The number of aromatic amines is 1. The van der Waals surface area contributed by atoms with Crippen LogP contribution in [0, 0.1) is 17.6 Å². The summed E-state index contributed by atoms with van der Waals surface area (Å²) in [7, 11) is 0. The highest BCUT2D eigenvalue weighted by molar-refractivity contribution is 7.71. The third kappa shape index (κ3) is 3.66. The summed E-state index contributed by atoms with van der Waals surface area (Å²) in [6.45, 7) is 7.63. The van der Waals surface area contributed by atoms with Gasteiger partial charge in [0.2, 0.25) is 0 Å². The SMILES string of the molecule is Cc1cn(CCCCC(C)C)c(=S)[nH]1. The predicted molar refractivity (Wildman–Crippen MR) is 63.0 cm³/mol. The molecule has 1 heterocycles. The van der Waals surface area contributed by atoms with E-state index in [0.29, 0.717) is 0 Å². The van der Waals surface area contributed by atoms with Gasteiger partial charge in [0.15, 0.2) is 4.77 Å². The Bertz CT molecular complexity index is 322. The number of rotatable bonds is 5. The smallest absolute Gasteiger partial charge is 0.177 e. The Morgan fingerprint density at radius 1 is 1.43 bits per heavy atom. The Balaban J connectivity index is 2.31. The van der Waals surface area contributed by atoms with Gasteiger partial charge in [-0.1, -0.05) is 26.7 Å². The van der Waals surface area contributed by atoms with E-state index in [1.54, 1.807) is 0 Å². The number of imidazole rings is 1. The summed E-state index contributed by atoms with van der Waals surface area (Å²) in [5.41, 5.74) is 1.15. The number of aryl methyl sites for hydroxylation is 2. The number of unbranched alkanes of at least 4 members (excludes halogenated alkanes) is 1. The van der Waals surface area contributed by atoms with Crippen LogP contribution in [0.4, 0.5) is 0 Å². The van der Waals surface area contributed by atoms with E-state index in [9.17, 15) is 0 Å². The maximum atomic E-state index is 5.18. The quantitative estimate of drug-likeness (QED) is 0.583. The zero-order valence-corrected chi connectivity index (χ0v) is 10.2. The Morgan fingerprint density at radius 2 is 2.14 bits per heavy atom. The highest BCUT2D eigenvalue weighted by atomic mass is 32.1. The molecular formula is C11H20N2S. The maximum Gasteiger partial charge on any atom is 0.177 e. The summed E-state index contributed by atoms with van der Waals surface area (Å²) < 4.78 is 2.98. The number of nitrogens with one attached hydrogen (secondary N) is 1. The molecule has 1 N–H and O–H groups in total. The molecule has 0 unspecified atom stereocenters. The lowest BCUT2D eigenvalue weighted by atomic mass is 10.1. The molecule has 1 aromatic heterocycles. The van der Waals surface area contributed by atoms with Gasteiger partial charge in [0.1, 0.15) is 0 Å². The number of hydrogen-bond donors (Lipinski definition) is 1. The first-order valence-electron chi connectivity index (χ1n) is 5.35. The number of hydrogen-bond acceptors (Lipinski definition) is 1. The molecule has 1 aromatic rings. The third-order valence-electron chi connectivity index (χ3n) is 2.34. The van der Waals surface area contributed by atoms with Crippen LogP contribution in [0.15, 0.2) is 6.20 Å². The first-order valence-corrected chi connectivity index (χ1v) is 5.76. The molecular weight excluding hydrogens is 192 g/mol. The summed E-state index contributed by atoms with van der Waals surface area (Å²) in [5.74, 6) is 0.816. The second-order valence-electron chi connectivity index (χ2n) is 4.33. The van der Waals surface area contributed by atoms with Crippen molar-refractivity contribution in [1.82, 2.24) is 9.55 Å². The number of nitrogens with zero attached hydrogens (tertiary/aromatic N) is 1. The molecule has 0 radical (unpaired) electrons. The summed E-state index contributed by atoms with van der Waals surface area (Å²) in [6, 6.07) is 0. The van der Waals surface area contributed by atoms with Gasteiger partial charge in [0.05, 0.1) is 0 Å². The zero-order chi connectivity index (χ0) is 10.6. The summed E-state index contributed by atoms with van der Waals surface area (Å²) in [5, 5.41) is 0. The van der Waals surface area contributed by atoms with E-state index in [1.807, 2.05) is 6.92 Å². The van der Waals surface area contributed by atoms with Gasteiger partial charge in [-0.15, -0.1) is 0 Å². The predicted octanol–water partition coefficient (Wildman–Crippen LogP) is 3.68. The minimum Gasteiger partial charge on any atom is -0.335 e. The zero-order valence-electron chi connectivity index (χ0n) is 9.34. The van der Waals surface area contributed by atoms with Crippen LogP contribution in [-0.2, 0) is 6.54 Å². The van der Waals surface area contributed by atoms with E-state index in [-0.39, 0.29) is 0 Å². The molecule has 0 fully saturated rings. The molecule has 0 aliphatic heterocycles. The van der Waals surface area contributed by atoms with Gasteiger partial charge in [-0.25, -0.2) is 0 Å². The van der Waals surface area contributed by atoms with E-state index in [2.05, 4.69) is 29.6 Å². The fourth-order valence-corrected chi connectivity index (χ4v) is 1.87. The van der Waals surface area contributed by atoms with Crippen molar-refractivity contribution in [2.45, 2.75) is 46.6 Å². The molecule has 1 rings (SSSR count). The second kappa shape index (κ2) is 5.35. The van der Waals surface area contributed by atoms with Gasteiger partial charge in [0.25, 0.3) is 0 Å². The minimum absolute atomic E-state index is 0.816. The molecule has 0 amide bonds. The first-order chi connectivity index (χ1) is 6.59. The molecule has 0 aliphatic carbocycles. The van der Waals surface area contributed by atoms with Gasteiger partial charge in [-0.05, 0) is 31.5 Å². The van der Waals surface area contributed by atoms with Crippen LogP contribution >= 0.6 is 12.2 Å². The summed E-state index contributed by atoms with van der Waals surface area (Å²) in [4.78, 5) is 3.13. The molecule has 0 saturated carbocycles. The normalized spacial score (nSPS) is 11.1. The lowest BCUT2D eigenvalue weighted by molar-refractivity contribution is 0.507. The van der Waals surface area contributed by atoms with Crippen molar-refractivity contribution >= 4 is 12.2 Å². The van der Waals surface area contributed by atoms with E-state index in [4.69, 9.17) is 12.2 Å². The summed E-state index contributed by atoms with van der Waals surface area (Å²) >= 11 is 5.18. The van der Waals surface area contributed by atoms with Gasteiger partial charge < -0.3 is 9.55 Å². The van der Waals surface area contributed by atoms with Crippen LogP contribution in [0.1, 0.15) is 38.8 Å². The second-order valence-corrected chi connectivity index (χ2v) is 4.71. The Labute approximate surface area is 91.3 Å². The molecule has 80 valence electrons. The van der Waals surface area contributed by atoms with Crippen molar-refractivity contribution in [2.24, 2.45) is 5.92 Å². The van der Waals surface area contributed by atoms with Crippen LogP contribution in [0.25, 0.3) is 0 Å². The molecule has 0 atom stereocenters. The van der Waals surface area contributed by atoms with Crippen molar-refractivity contribution in [1.29, 1.82) is 0 Å². The van der Waals surface area contributed by atoms with E-state index in [1.165, 1.54) is 19.3 Å². The lowest BCUT2D eigenvalue weighted by Gasteiger charge is -2.04. The van der Waals surface area contributed by atoms with Gasteiger partial charge in [-0.3, -0.25) is 0 Å². The Kier molecular flexibility index (Phi) is 4.39. The van der Waals surface area contributed by atoms with Gasteiger partial charge in [-0.2, -0.15) is 0 Å². The average molecular weight is 212 g/mol. The van der Waals surface area contributed by atoms with Crippen LogP contribution < -0.4 is 0 Å². The first kappa shape index (κ1) is 11.5. The van der Waals surface area contributed by atoms with Gasteiger partial charge in [0, 0.05) is 18.4 Å². The Hall–Kier alpha value is -0.570. The molecule has 0 spiro atoms. The van der Waals surface area contributed by atoms with Crippen LogP contribution in [0.2, 0.25) is 0 Å². The van der Waals surface area contributed by atoms with Crippen molar-refractivity contribution in [3.05, 3.63) is 16.7 Å². The number of aromatic nitrogens is 2. The van der Waals surface area contributed by atoms with E-state index >= 15 is 0 Å². The van der Waals surface area contributed by atoms with Crippen molar-refractivity contribution in [2.75, 3.05) is 0 Å². The van der Waals surface area contributed by atoms with E-state index < -0.39 is 0 Å². The average Bonchev–Trinajstić information content (AvgIpc) is 2.39. The minimum atomic E-state index is 0.816. The molecule has 3 heteroatoms. The topological polar surface area (TPSA) is 20.7 Å². The van der Waals surface area contributed by atoms with Crippen molar-refractivity contribution in [3.8, 4) is 0 Å². The molecule has 14 heavy (non-hydrogen) atoms. The number of H-pyrrole nitrogens is 1. The molecule has 2 nitrogen and oxygen atoms in total. The van der Waals surface area contributed by atoms with Crippen molar-refractivity contribution in [3.63, 3.8) is 0 Å². The van der Waals surface area contributed by atoms with Crippen LogP contribution in [0.5, 0.6) is 0 Å². The maximum absolute atomic E-state index is 5.18. The fourth-order valence-electron chi connectivity index (χ4n) is 1.57. The summed E-state index contributed by atoms with van der Waals surface area (Å²) in [6.07, 6.45) is 5.93. The third-order valence-corrected chi connectivity index (χ3v) is 2.68. The van der Waals surface area contributed by atoms with E-state index in [0.717, 1.165) is 22.9 Å². The molecule has 0 aliphatic rings. The van der Waals surface area contributed by atoms with Crippen LogP contribution in [0.3, 0.4) is 0 Å². The molecule has 0 bridgehead atoms.